The zero-order valence-corrected chi connectivity index (χ0v) is 20.1. The zero-order chi connectivity index (χ0) is 24.6. The standard InChI is InChI=1S/C36H22O/c37-35-28-20-10-12-22-30(28)36(24-15-5-2-6-16-24)29-21-11-9-19-27(29)32-26-18-8-7-17-25(26)31(33(35)34(32)36)23-13-3-1-4-14-23/h1-22H/t36-/m1/s1. The van der Waals surface area contributed by atoms with E-state index >= 15 is 0 Å². The Labute approximate surface area is 215 Å². The van der Waals surface area contributed by atoms with Crippen molar-refractivity contribution in [1.82, 2.24) is 0 Å². The molecule has 0 aromatic heterocycles. The van der Waals surface area contributed by atoms with Gasteiger partial charge in [0.2, 0.25) is 0 Å². The second-order valence-electron chi connectivity index (χ2n) is 9.95. The molecule has 6 aromatic rings. The van der Waals surface area contributed by atoms with Crippen molar-refractivity contribution < 1.29 is 4.79 Å². The normalized spacial score (nSPS) is 16.8. The lowest BCUT2D eigenvalue weighted by Gasteiger charge is -2.40. The summed E-state index contributed by atoms with van der Waals surface area (Å²) < 4.78 is 0. The lowest BCUT2D eigenvalue weighted by atomic mass is 9.60. The highest BCUT2D eigenvalue weighted by atomic mass is 16.1. The van der Waals surface area contributed by atoms with Gasteiger partial charge in [0.15, 0.2) is 5.78 Å². The zero-order valence-electron chi connectivity index (χ0n) is 20.1. The Kier molecular flexibility index (Phi) is 4.08. The topological polar surface area (TPSA) is 17.1 Å². The summed E-state index contributed by atoms with van der Waals surface area (Å²) in [5.41, 5.74) is 10.2. The highest BCUT2D eigenvalue weighted by molar-refractivity contribution is 6.25. The summed E-state index contributed by atoms with van der Waals surface area (Å²) in [7, 11) is 0. The summed E-state index contributed by atoms with van der Waals surface area (Å²) in [5.74, 6) is 0.107. The van der Waals surface area contributed by atoms with Crippen molar-refractivity contribution in [3.05, 3.63) is 167 Å². The van der Waals surface area contributed by atoms with Gasteiger partial charge >= 0.3 is 0 Å². The fraction of sp³-hybridized carbons (Fsp3) is 0.0278. The minimum atomic E-state index is -0.569. The van der Waals surface area contributed by atoms with Crippen LogP contribution >= 0.6 is 0 Å². The first-order valence-electron chi connectivity index (χ1n) is 12.8. The molecule has 0 aliphatic heterocycles. The molecule has 0 fully saturated rings. The largest absolute Gasteiger partial charge is 0.289 e. The molecule has 0 N–H and O–H groups in total. The van der Waals surface area contributed by atoms with E-state index in [4.69, 9.17) is 0 Å². The summed E-state index contributed by atoms with van der Waals surface area (Å²) in [6, 6.07) is 46.7. The maximum Gasteiger partial charge on any atom is 0.194 e. The molecule has 37 heavy (non-hydrogen) atoms. The summed E-state index contributed by atoms with van der Waals surface area (Å²) in [6.07, 6.45) is 0. The molecule has 0 bridgehead atoms. The first-order valence-corrected chi connectivity index (χ1v) is 12.8. The third kappa shape index (κ3) is 2.46. The third-order valence-electron chi connectivity index (χ3n) is 8.26. The van der Waals surface area contributed by atoms with Crippen LogP contribution in [0, 0.1) is 0 Å². The number of benzene rings is 6. The molecule has 2 aliphatic rings. The summed E-state index contributed by atoms with van der Waals surface area (Å²) in [5, 5.41) is 2.31. The van der Waals surface area contributed by atoms with Crippen LogP contribution in [-0.2, 0) is 5.41 Å². The molecule has 0 saturated carbocycles. The Bertz CT molecular complexity index is 1880. The first kappa shape index (κ1) is 20.4. The van der Waals surface area contributed by atoms with Gasteiger partial charge in [-0.25, -0.2) is 0 Å². The quantitative estimate of drug-likeness (QED) is 0.248. The van der Waals surface area contributed by atoms with E-state index in [-0.39, 0.29) is 5.78 Å². The maximum absolute atomic E-state index is 14.6. The number of fused-ring (bicyclic) bond motifs is 7. The summed E-state index contributed by atoms with van der Waals surface area (Å²) in [4.78, 5) is 14.6. The molecule has 2 aliphatic carbocycles. The van der Waals surface area contributed by atoms with Gasteiger partial charge in [0.1, 0.15) is 0 Å². The monoisotopic (exact) mass is 470 g/mol. The molecule has 8 rings (SSSR count). The molecule has 0 amide bonds. The Balaban J connectivity index is 1.70. The molecular formula is C36H22O. The Hall–Kier alpha value is -4.75. The van der Waals surface area contributed by atoms with E-state index in [1.807, 2.05) is 18.2 Å². The Morgan fingerprint density at radius 2 is 0.946 bits per heavy atom. The average Bonchev–Trinajstić information content (AvgIpc) is 3.29. The van der Waals surface area contributed by atoms with Gasteiger partial charge in [0.25, 0.3) is 0 Å². The number of rotatable bonds is 2. The summed E-state index contributed by atoms with van der Waals surface area (Å²) in [6.45, 7) is 0. The van der Waals surface area contributed by atoms with Crippen LogP contribution < -0.4 is 0 Å². The second kappa shape index (κ2) is 7.38. The van der Waals surface area contributed by atoms with Gasteiger partial charge in [-0.05, 0) is 49.7 Å². The molecule has 172 valence electrons. The van der Waals surface area contributed by atoms with Crippen LogP contribution in [0.4, 0.5) is 0 Å². The fourth-order valence-electron chi connectivity index (χ4n) is 6.95. The molecule has 1 heteroatoms. The number of hydrogen-bond donors (Lipinski definition) is 0. The molecule has 0 heterocycles. The van der Waals surface area contributed by atoms with Gasteiger partial charge in [-0.15, -0.1) is 0 Å². The highest BCUT2D eigenvalue weighted by Crippen LogP contribution is 2.63. The third-order valence-corrected chi connectivity index (χ3v) is 8.26. The van der Waals surface area contributed by atoms with E-state index in [0.29, 0.717) is 0 Å². The predicted octanol–water partition coefficient (Wildman–Crippen LogP) is 8.41. The second-order valence-corrected chi connectivity index (χ2v) is 9.95. The van der Waals surface area contributed by atoms with Gasteiger partial charge in [0, 0.05) is 16.7 Å². The van der Waals surface area contributed by atoms with E-state index in [0.717, 1.165) is 38.8 Å². The highest BCUT2D eigenvalue weighted by Gasteiger charge is 2.53. The number of hydrogen-bond acceptors (Lipinski definition) is 1. The van der Waals surface area contributed by atoms with Crippen LogP contribution in [0.25, 0.3) is 33.0 Å². The smallest absolute Gasteiger partial charge is 0.194 e. The van der Waals surface area contributed by atoms with Crippen LogP contribution in [0.3, 0.4) is 0 Å². The molecule has 6 aromatic carbocycles. The van der Waals surface area contributed by atoms with Crippen molar-refractivity contribution in [2.75, 3.05) is 0 Å². The molecular weight excluding hydrogens is 448 g/mol. The van der Waals surface area contributed by atoms with Crippen LogP contribution in [0.2, 0.25) is 0 Å². The molecule has 1 atom stereocenters. The van der Waals surface area contributed by atoms with Crippen molar-refractivity contribution >= 4 is 16.6 Å². The van der Waals surface area contributed by atoms with E-state index in [1.54, 1.807) is 0 Å². The van der Waals surface area contributed by atoms with Crippen molar-refractivity contribution in [3.8, 4) is 22.3 Å². The van der Waals surface area contributed by atoms with E-state index in [9.17, 15) is 4.79 Å². The molecule has 0 spiro atoms. The lowest BCUT2D eigenvalue weighted by Crippen LogP contribution is -2.36. The van der Waals surface area contributed by atoms with Gasteiger partial charge < -0.3 is 0 Å². The van der Waals surface area contributed by atoms with Crippen LogP contribution in [0.1, 0.15) is 38.2 Å². The van der Waals surface area contributed by atoms with Gasteiger partial charge in [-0.1, -0.05) is 133 Å². The van der Waals surface area contributed by atoms with Crippen molar-refractivity contribution in [3.63, 3.8) is 0 Å². The number of carbonyl (C=O) groups excluding carboxylic acids is 1. The molecule has 0 saturated heterocycles. The van der Waals surface area contributed by atoms with E-state index in [1.165, 1.54) is 27.6 Å². The predicted molar refractivity (Wildman–Crippen MR) is 150 cm³/mol. The van der Waals surface area contributed by atoms with E-state index in [2.05, 4.69) is 115 Å². The summed E-state index contributed by atoms with van der Waals surface area (Å²) >= 11 is 0. The van der Waals surface area contributed by atoms with Gasteiger partial charge in [0.05, 0.1) is 5.41 Å². The van der Waals surface area contributed by atoms with Gasteiger partial charge in [-0.2, -0.15) is 0 Å². The maximum atomic E-state index is 14.6. The van der Waals surface area contributed by atoms with Crippen molar-refractivity contribution in [2.24, 2.45) is 0 Å². The molecule has 0 unspecified atom stereocenters. The first-order chi connectivity index (χ1) is 18.3. The molecule has 1 nitrogen and oxygen atoms in total. The Morgan fingerprint density at radius 3 is 1.65 bits per heavy atom. The number of ketones is 1. The van der Waals surface area contributed by atoms with Crippen molar-refractivity contribution in [1.29, 1.82) is 0 Å². The van der Waals surface area contributed by atoms with Gasteiger partial charge in [-0.3, -0.25) is 4.79 Å². The fourth-order valence-corrected chi connectivity index (χ4v) is 6.95. The number of carbonyl (C=O) groups is 1. The average molecular weight is 471 g/mol. The van der Waals surface area contributed by atoms with Crippen LogP contribution in [0.5, 0.6) is 0 Å². The van der Waals surface area contributed by atoms with Crippen LogP contribution in [-0.4, -0.2) is 5.78 Å². The van der Waals surface area contributed by atoms with Crippen LogP contribution in [0.15, 0.2) is 133 Å². The lowest BCUT2D eigenvalue weighted by molar-refractivity contribution is 0.103. The molecule has 0 radical (unpaired) electrons. The SMILES string of the molecule is O=C1c2ccccc2[C@@]2(c3ccccc3)c3ccccc3-c3c2c1c(-c1ccccc1)c1ccccc31. The van der Waals surface area contributed by atoms with Crippen molar-refractivity contribution in [2.45, 2.75) is 5.41 Å². The Morgan fingerprint density at radius 1 is 0.432 bits per heavy atom. The minimum absolute atomic E-state index is 0.107. The minimum Gasteiger partial charge on any atom is -0.289 e. The van der Waals surface area contributed by atoms with E-state index < -0.39 is 5.41 Å².